The van der Waals surface area contributed by atoms with Gasteiger partial charge in [0, 0.05) is 11.8 Å². The van der Waals surface area contributed by atoms with Crippen LogP contribution in [0.5, 0.6) is 11.5 Å². The predicted octanol–water partition coefficient (Wildman–Crippen LogP) is 2.28. The van der Waals surface area contributed by atoms with Gasteiger partial charge in [0.2, 0.25) is 6.79 Å². The zero-order valence-electron chi connectivity index (χ0n) is 7.93. The molecule has 73 valence electrons. The number of hydrogen-bond acceptors (Lipinski definition) is 3. The molecule has 0 spiro atoms. The molecule has 0 saturated carbocycles. The second-order valence-electron chi connectivity index (χ2n) is 3.24. The van der Waals surface area contributed by atoms with Gasteiger partial charge in [0.15, 0.2) is 11.5 Å². The smallest absolute Gasteiger partial charge is 0.231 e. The normalized spacial score (nSPS) is 12.8. The highest BCUT2D eigenvalue weighted by Crippen LogP contribution is 2.35. The Hall–Kier alpha value is -2.03. The van der Waals surface area contributed by atoms with Crippen LogP contribution in [0.1, 0.15) is 0 Å². The van der Waals surface area contributed by atoms with E-state index in [-0.39, 0.29) is 0 Å². The van der Waals surface area contributed by atoms with Gasteiger partial charge in [0.05, 0.1) is 6.20 Å². The molecule has 3 nitrogen and oxygen atoms in total. The molecule has 0 aliphatic carbocycles. The molecule has 1 aliphatic heterocycles. The minimum atomic E-state index is 0.305. The molecule has 0 amide bonds. The largest absolute Gasteiger partial charge is 0.454 e. The second kappa shape index (κ2) is 3.28. The Kier molecular flexibility index (Phi) is 1.81. The van der Waals surface area contributed by atoms with Gasteiger partial charge < -0.3 is 9.47 Å². The minimum Gasteiger partial charge on any atom is -0.454 e. The molecular formula is C12H8NO2. The lowest BCUT2D eigenvalue weighted by atomic mass is 10.1. The van der Waals surface area contributed by atoms with Crippen LogP contribution < -0.4 is 9.47 Å². The van der Waals surface area contributed by atoms with Crippen molar-refractivity contribution in [2.75, 3.05) is 6.79 Å². The topological polar surface area (TPSA) is 31.4 Å². The maximum Gasteiger partial charge on any atom is 0.231 e. The summed E-state index contributed by atoms with van der Waals surface area (Å²) in [6.45, 7) is 0.305. The minimum absolute atomic E-state index is 0.305. The molecule has 15 heavy (non-hydrogen) atoms. The Labute approximate surface area is 87.3 Å². The van der Waals surface area contributed by atoms with Gasteiger partial charge in [0.25, 0.3) is 0 Å². The fourth-order valence-corrected chi connectivity index (χ4v) is 1.57. The average Bonchev–Trinajstić information content (AvgIpc) is 2.77. The second-order valence-corrected chi connectivity index (χ2v) is 3.24. The van der Waals surface area contributed by atoms with Crippen LogP contribution in [0.25, 0.3) is 11.1 Å². The lowest BCUT2D eigenvalue weighted by Gasteiger charge is -2.01. The maximum absolute atomic E-state index is 5.31. The Bertz CT molecular complexity index is 482. The lowest BCUT2D eigenvalue weighted by molar-refractivity contribution is 0.174. The molecule has 1 aliphatic rings. The summed E-state index contributed by atoms with van der Waals surface area (Å²) in [5.41, 5.74) is 2.12. The zero-order valence-corrected chi connectivity index (χ0v) is 7.93. The molecule has 1 aromatic heterocycles. The van der Waals surface area contributed by atoms with Crippen molar-refractivity contribution in [1.82, 2.24) is 4.98 Å². The van der Waals surface area contributed by atoms with E-state index >= 15 is 0 Å². The number of aromatic nitrogens is 1. The molecule has 0 unspecified atom stereocenters. The first-order chi connectivity index (χ1) is 7.43. The number of fused-ring (bicyclic) bond motifs is 1. The average molecular weight is 198 g/mol. The van der Waals surface area contributed by atoms with E-state index in [9.17, 15) is 0 Å². The summed E-state index contributed by atoms with van der Waals surface area (Å²) in [6.07, 6.45) is 4.52. The van der Waals surface area contributed by atoms with Crippen molar-refractivity contribution in [2.24, 2.45) is 0 Å². The van der Waals surface area contributed by atoms with Crippen molar-refractivity contribution >= 4 is 0 Å². The van der Waals surface area contributed by atoms with Gasteiger partial charge in [-0.15, -0.1) is 0 Å². The zero-order chi connectivity index (χ0) is 10.1. The van der Waals surface area contributed by atoms with E-state index in [4.69, 9.17) is 9.47 Å². The van der Waals surface area contributed by atoms with Crippen LogP contribution in [0.4, 0.5) is 0 Å². The van der Waals surface area contributed by atoms with Crippen LogP contribution in [0, 0.1) is 6.20 Å². The van der Waals surface area contributed by atoms with E-state index < -0.39 is 0 Å². The standard InChI is InChI=1S/C12H8NO2/c1-2-10(7-13-5-1)9-3-4-11-12(6-9)15-8-14-11/h1-4,6-7H,8H2. The first-order valence-electron chi connectivity index (χ1n) is 4.65. The molecule has 1 aromatic carbocycles. The highest BCUT2D eigenvalue weighted by atomic mass is 16.7. The fraction of sp³-hybridized carbons (Fsp3) is 0.0833. The van der Waals surface area contributed by atoms with Crippen molar-refractivity contribution < 1.29 is 9.47 Å². The van der Waals surface area contributed by atoms with E-state index in [1.165, 1.54) is 0 Å². The fourth-order valence-electron chi connectivity index (χ4n) is 1.57. The number of benzene rings is 1. The highest BCUT2D eigenvalue weighted by molar-refractivity contribution is 5.66. The number of hydrogen-bond donors (Lipinski definition) is 0. The van der Waals surface area contributed by atoms with Crippen LogP contribution in [0.3, 0.4) is 0 Å². The van der Waals surface area contributed by atoms with Crippen LogP contribution in [-0.2, 0) is 0 Å². The van der Waals surface area contributed by atoms with Crippen molar-refractivity contribution in [3.05, 3.63) is 42.7 Å². The summed E-state index contributed by atoms with van der Waals surface area (Å²) in [4.78, 5) is 3.96. The molecule has 0 atom stereocenters. The Morgan fingerprint density at radius 2 is 2.00 bits per heavy atom. The van der Waals surface area contributed by atoms with E-state index in [2.05, 4.69) is 11.2 Å². The van der Waals surface area contributed by atoms with Gasteiger partial charge in [-0.3, -0.25) is 4.98 Å². The first kappa shape index (κ1) is 8.29. The van der Waals surface area contributed by atoms with E-state index in [1.54, 1.807) is 12.3 Å². The van der Waals surface area contributed by atoms with Gasteiger partial charge in [-0.1, -0.05) is 12.1 Å². The lowest BCUT2D eigenvalue weighted by Crippen LogP contribution is -1.92. The summed E-state index contributed by atoms with van der Waals surface area (Å²) < 4.78 is 10.6. The van der Waals surface area contributed by atoms with Crippen molar-refractivity contribution in [2.45, 2.75) is 0 Å². The van der Waals surface area contributed by atoms with Gasteiger partial charge in [-0.25, -0.2) is 0 Å². The molecule has 2 heterocycles. The molecule has 0 fully saturated rings. The molecule has 3 heteroatoms. The Balaban J connectivity index is 2.07. The number of ether oxygens (including phenoxy) is 2. The first-order valence-corrected chi connectivity index (χ1v) is 4.65. The predicted molar refractivity (Wildman–Crippen MR) is 54.6 cm³/mol. The molecule has 1 radical (unpaired) electrons. The third kappa shape index (κ3) is 1.42. The van der Waals surface area contributed by atoms with E-state index in [0.717, 1.165) is 22.6 Å². The Morgan fingerprint density at radius 3 is 2.87 bits per heavy atom. The van der Waals surface area contributed by atoms with Crippen LogP contribution in [0.15, 0.2) is 36.5 Å². The summed E-state index contributed by atoms with van der Waals surface area (Å²) in [6, 6.07) is 9.61. The van der Waals surface area contributed by atoms with Crippen LogP contribution in [0.2, 0.25) is 0 Å². The monoisotopic (exact) mass is 198 g/mol. The Morgan fingerprint density at radius 1 is 1.07 bits per heavy atom. The molecule has 2 aromatic rings. The summed E-state index contributed by atoms with van der Waals surface area (Å²) >= 11 is 0. The van der Waals surface area contributed by atoms with Crippen molar-refractivity contribution in [3.63, 3.8) is 0 Å². The van der Waals surface area contributed by atoms with Crippen LogP contribution in [-0.4, -0.2) is 11.8 Å². The van der Waals surface area contributed by atoms with E-state index in [0.29, 0.717) is 6.79 Å². The molecule has 0 N–H and O–H groups in total. The van der Waals surface area contributed by atoms with Gasteiger partial charge >= 0.3 is 0 Å². The molecule has 0 bridgehead atoms. The summed E-state index contributed by atoms with van der Waals surface area (Å²) in [5.74, 6) is 1.59. The van der Waals surface area contributed by atoms with E-state index in [1.807, 2.05) is 24.3 Å². The third-order valence-corrected chi connectivity index (χ3v) is 2.32. The summed E-state index contributed by atoms with van der Waals surface area (Å²) in [5, 5.41) is 0. The number of pyridine rings is 1. The molecule has 3 rings (SSSR count). The SMILES string of the molecule is [c]1ccc(-c2ccc3c(c2)OCO3)cn1. The molecular weight excluding hydrogens is 190 g/mol. The number of nitrogens with zero attached hydrogens (tertiary/aromatic N) is 1. The van der Waals surface area contributed by atoms with Gasteiger partial charge in [0.1, 0.15) is 0 Å². The number of rotatable bonds is 1. The highest BCUT2D eigenvalue weighted by Gasteiger charge is 2.13. The van der Waals surface area contributed by atoms with Crippen molar-refractivity contribution in [1.29, 1.82) is 0 Å². The van der Waals surface area contributed by atoms with Crippen LogP contribution >= 0.6 is 0 Å². The molecule has 0 saturated heterocycles. The maximum atomic E-state index is 5.31. The van der Waals surface area contributed by atoms with Gasteiger partial charge in [-0.05, 0) is 23.8 Å². The third-order valence-electron chi connectivity index (χ3n) is 2.32. The summed E-state index contributed by atoms with van der Waals surface area (Å²) in [7, 11) is 0. The quantitative estimate of drug-likeness (QED) is 0.704. The van der Waals surface area contributed by atoms with Gasteiger partial charge in [-0.2, -0.15) is 0 Å². The van der Waals surface area contributed by atoms with Crippen molar-refractivity contribution in [3.8, 4) is 22.6 Å².